The zero-order chi connectivity index (χ0) is 14.1. The standard InChI is InChI=1S/C15H15N3O2/c1-2-19-13-8-12-14(7-11(13)17)20-15(18-12)9-3-5-10(16)6-4-9/h3-8H,2,16-17H2,1H3. The Morgan fingerprint density at radius 2 is 1.90 bits per heavy atom. The van der Waals surface area contributed by atoms with Crippen LogP contribution in [0.2, 0.25) is 0 Å². The predicted octanol–water partition coefficient (Wildman–Crippen LogP) is 3.06. The van der Waals surface area contributed by atoms with E-state index < -0.39 is 0 Å². The Bertz CT molecular complexity index is 748. The number of nitrogen functional groups attached to an aromatic ring is 2. The van der Waals surface area contributed by atoms with Crippen molar-refractivity contribution in [2.24, 2.45) is 0 Å². The third-order valence-corrected chi connectivity index (χ3v) is 2.98. The van der Waals surface area contributed by atoms with Gasteiger partial charge in [-0.3, -0.25) is 0 Å². The van der Waals surface area contributed by atoms with Crippen LogP contribution in [0.1, 0.15) is 6.92 Å². The van der Waals surface area contributed by atoms with Gasteiger partial charge in [-0.25, -0.2) is 4.98 Å². The summed E-state index contributed by atoms with van der Waals surface area (Å²) in [5.74, 6) is 1.16. The topological polar surface area (TPSA) is 87.3 Å². The van der Waals surface area contributed by atoms with Crippen LogP contribution in [0, 0.1) is 0 Å². The Hall–Kier alpha value is -2.69. The van der Waals surface area contributed by atoms with Gasteiger partial charge in [0.2, 0.25) is 5.89 Å². The van der Waals surface area contributed by atoms with Gasteiger partial charge in [0, 0.05) is 23.4 Å². The maximum Gasteiger partial charge on any atom is 0.227 e. The molecule has 102 valence electrons. The van der Waals surface area contributed by atoms with Gasteiger partial charge in [0.1, 0.15) is 11.3 Å². The molecule has 2 aromatic carbocycles. The first-order valence-corrected chi connectivity index (χ1v) is 6.36. The molecule has 0 fully saturated rings. The first kappa shape index (κ1) is 12.3. The number of hydrogen-bond acceptors (Lipinski definition) is 5. The van der Waals surface area contributed by atoms with Gasteiger partial charge >= 0.3 is 0 Å². The summed E-state index contributed by atoms with van der Waals surface area (Å²) in [6.07, 6.45) is 0. The number of ether oxygens (including phenoxy) is 1. The van der Waals surface area contributed by atoms with Crippen LogP contribution in [0.15, 0.2) is 40.8 Å². The van der Waals surface area contributed by atoms with Crippen molar-refractivity contribution < 1.29 is 9.15 Å². The molecular formula is C15H15N3O2. The largest absolute Gasteiger partial charge is 0.492 e. The Balaban J connectivity index is 2.08. The number of benzene rings is 2. The summed E-state index contributed by atoms with van der Waals surface area (Å²) >= 11 is 0. The number of fused-ring (bicyclic) bond motifs is 1. The van der Waals surface area contributed by atoms with Crippen molar-refractivity contribution in [2.75, 3.05) is 18.1 Å². The average molecular weight is 269 g/mol. The lowest BCUT2D eigenvalue weighted by atomic mass is 10.2. The molecule has 0 aliphatic carbocycles. The molecule has 0 saturated carbocycles. The first-order chi connectivity index (χ1) is 9.67. The second-order valence-corrected chi connectivity index (χ2v) is 4.43. The van der Waals surface area contributed by atoms with Gasteiger partial charge in [-0.05, 0) is 31.2 Å². The Morgan fingerprint density at radius 3 is 2.60 bits per heavy atom. The predicted molar refractivity (Wildman–Crippen MR) is 79.4 cm³/mol. The monoisotopic (exact) mass is 269 g/mol. The highest BCUT2D eigenvalue weighted by atomic mass is 16.5. The molecule has 0 radical (unpaired) electrons. The molecule has 0 saturated heterocycles. The third kappa shape index (κ3) is 2.14. The van der Waals surface area contributed by atoms with Gasteiger partial charge in [0.15, 0.2) is 5.58 Å². The molecule has 0 bridgehead atoms. The maximum atomic E-state index is 5.91. The molecule has 0 unspecified atom stereocenters. The number of hydrogen-bond donors (Lipinski definition) is 2. The van der Waals surface area contributed by atoms with Crippen molar-refractivity contribution in [1.82, 2.24) is 4.98 Å². The van der Waals surface area contributed by atoms with E-state index in [0.29, 0.717) is 35.2 Å². The number of aromatic nitrogens is 1. The summed E-state index contributed by atoms with van der Waals surface area (Å²) in [7, 11) is 0. The van der Waals surface area contributed by atoms with Crippen LogP contribution in [-0.4, -0.2) is 11.6 Å². The molecule has 0 aliphatic rings. The van der Waals surface area contributed by atoms with Gasteiger partial charge < -0.3 is 20.6 Å². The van der Waals surface area contributed by atoms with Crippen LogP contribution in [0.25, 0.3) is 22.6 Å². The average Bonchev–Trinajstić information content (AvgIpc) is 2.83. The summed E-state index contributed by atoms with van der Waals surface area (Å²) in [6, 6.07) is 10.9. The number of oxazole rings is 1. The zero-order valence-corrected chi connectivity index (χ0v) is 11.1. The van der Waals surface area contributed by atoms with Crippen LogP contribution < -0.4 is 16.2 Å². The summed E-state index contributed by atoms with van der Waals surface area (Å²) in [6.45, 7) is 2.46. The van der Waals surface area contributed by atoms with Gasteiger partial charge in [0.25, 0.3) is 0 Å². The lowest BCUT2D eigenvalue weighted by Gasteiger charge is -2.04. The Morgan fingerprint density at radius 1 is 1.15 bits per heavy atom. The fourth-order valence-electron chi connectivity index (χ4n) is 2.00. The SMILES string of the molecule is CCOc1cc2nc(-c3ccc(N)cc3)oc2cc1N. The lowest BCUT2D eigenvalue weighted by Crippen LogP contribution is -1.96. The summed E-state index contributed by atoms with van der Waals surface area (Å²) in [4.78, 5) is 4.45. The van der Waals surface area contributed by atoms with Crippen LogP contribution in [0.4, 0.5) is 11.4 Å². The second-order valence-electron chi connectivity index (χ2n) is 4.43. The van der Waals surface area contributed by atoms with E-state index in [4.69, 9.17) is 20.6 Å². The minimum Gasteiger partial charge on any atom is -0.492 e. The lowest BCUT2D eigenvalue weighted by molar-refractivity contribution is 0.342. The highest BCUT2D eigenvalue weighted by Gasteiger charge is 2.11. The van der Waals surface area contributed by atoms with Crippen LogP contribution in [0.3, 0.4) is 0 Å². The molecule has 5 nitrogen and oxygen atoms in total. The summed E-state index contributed by atoms with van der Waals surface area (Å²) < 4.78 is 11.2. The summed E-state index contributed by atoms with van der Waals surface area (Å²) in [5.41, 5.74) is 15.0. The van der Waals surface area contributed by atoms with Crippen molar-refractivity contribution in [3.05, 3.63) is 36.4 Å². The first-order valence-electron chi connectivity index (χ1n) is 6.36. The van der Waals surface area contributed by atoms with E-state index in [-0.39, 0.29) is 0 Å². The number of nitrogens with two attached hydrogens (primary N) is 2. The van der Waals surface area contributed by atoms with Crippen molar-refractivity contribution >= 4 is 22.5 Å². The van der Waals surface area contributed by atoms with Crippen molar-refractivity contribution in [2.45, 2.75) is 6.92 Å². The molecule has 20 heavy (non-hydrogen) atoms. The molecule has 0 amide bonds. The van der Waals surface area contributed by atoms with E-state index in [1.165, 1.54) is 0 Å². The van der Waals surface area contributed by atoms with Gasteiger partial charge in [-0.15, -0.1) is 0 Å². The molecule has 4 N–H and O–H groups in total. The highest BCUT2D eigenvalue weighted by molar-refractivity contribution is 5.82. The zero-order valence-electron chi connectivity index (χ0n) is 11.1. The smallest absolute Gasteiger partial charge is 0.227 e. The van der Waals surface area contributed by atoms with E-state index in [2.05, 4.69) is 4.98 Å². The molecule has 0 spiro atoms. The summed E-state index contributed by atoms with van der Waals surface area (Å²) in [5, 5.41) is 0. The van der Waals surface area contributed by atoms with Crippen LogP contribution in [0.5, 0.6) is 5.75 Å². The Labute approximate surface area is 116 Å². The van der Waals surface area contributed by atoms with Crippen LogP contribution in [-0.2, 0) is 0 Å². The van der Waals surface area contributed by atoms with E-state index in [1.807, 2.05) is 31.2 Å². The minimum absolute atomic E-state index is 0.535. The second kappa shape index (κ2) is 4.77. The molecule has 0 aliphatic heterocycles. The fraction of sp³-hybridized carbons (Fsp3) is 0.133. The minimum atomic E-state index is 0.535. The van der Waals surface area contributed by atoms with E-state index in [0.717, 1.165) is 11.1 Å². The number of anilines is 2. The molecule has 3 rings (SSSR count). The van der Waals surface area contributed by atoms with E-state index >= 15 is 0 Å². The molecular weight excluding hydrogens is 254 g/mol. The van der Waals surface area contributed by atoms with Gasteiger partial charge in [-0.1, -0.05) is 0 Å². The quantitative estimate of drug-likeness (QED) is 0.713. The maximum absolute atomic E-state index is 5.91. The molecule has 1 heterocycles. The number of rotatable bonds is 3. The van der Waals surface area contributed by atoms with Crippen LogP contribution >= 0.6 is 0 Å². The van der Waals surface area contributed by atoms with Crippen molar-refractivity contribution in [1.29, 1.82) is 0 Å². The van der Waals surface area contributed by atoms with E-state index in [1.54, 1.807) is 12.1 Å². The number of nitrogens with zero attached hydrogens (tertiary/aromatic N) is 1. The molecule has 3 aromatic rings. The van der Waals surface area contributed by atoms with Gasteiger partial charge in [0.05, 0.1) is 12.3 Å². The molecule has 5 heteroatoms. The molecule has 0 atom stereocenters. The fourth-order valence-corrected chi connectivity index (χ4v) is 2.00. The third-order valence-electron chi connectivity index (χ3n) is 2.98. The van der Waals surface area contributed by atoms with Crippen molar-refractivity contribution in [3.63, 3.8) is 0 Å². The van der Waals surface area contributed by atoms with E-state index in [9.17, 15) is 0 Å². The van der Waals surface area contributed by atoms with Gasteiger partial charge in [-0.2, -0.15) is 0 Å². The van der Waals surface area contributed by atoms with Crippen molar-refractivity contribution in [3.8, 4) is 17.2 Å². The normalized spacial score (nSPS) is 10.8. The molecule has 1 aromatic heterocycles. The Kier molecular flexibility index (Phi) is 2.95. The highest BCUT2D eigenvalue weighted by Crippen LogP contribution is 2.31.